The second-order valence-electron chi connectivity index (χ2n) is 6.28. The van der Waals surface area contributed by atoms with Crippen LogP contribution in [-0.2, 0) is 0 Å². The molecule has 1 unspecified atom stereocenters. The molecule has 0 fully saturated rings. The van der Waals surface area contributed by atoms with Crippen molar-refractivity contribution in [2.45, 2.75) is 41.0 Å². The van der Waals surface area contributed by atoms with E-state index in [9.17, 15) is 0 Å². The maximum Gasteiger partial charge on any atom is 0.154 e. The lowest BCUT2D eigenvalue weighted by Crippen LogP contribution is -2.05. The zero-order valence-electron chi connectivity index (χ0n) is 14.9. The Kier molecular flexibility index (Phi) is 5.49. The molecule has 0 saturated heterocycles. The molecule has 2 heteroatoms. The molecule has 0 amide bonds. The minimum atomic E-state index is 0.491. The zero-order valence-corrected chi connectivity index (χ0v) is 14.9. The van der Waals surface area contributed by atoms with Crippen LogP contribution in [0.25, 0.3) is 16.7 Å². The number of allylic oxidation sites excluding steroid dienone is 1. The monoisotopic (exact) mass is 306 g/mol. The number of nitrogens with zero attached hydrogens (tertiary/aromatic N) is 2. The van der Waals surface area contributed by atoms with Gasteiger partial charge in [0.15, 0.2) is 5.82 Å². The molecule has 0 spiro atoms. The largest absolute Gasteiger partial charge is 0.238 e. The van der Waals surface area contributed by atoms with Crippen molar-refractivity contribution < 1.29 is 0 Å². The van der Waals surface area contributed by atoms with Crippen molar-refractivity contribution in [2.24, 2.45) is 10.9 Å². The number of aromatic nitrogens is 1. The van der Waals surface area contributed by atoms with E-state index < -0.39 is 0 Å². The first-order chi connectivity index (χ1) is 10.9. The van der Waals surface area contributed by atoms with Gasteiger partial charge in [0.1, 0.15) is 0 Å². The van der Waals surface area contributed by atoms with Crippen molar-refractivity contribution in [3.05, 3.63) is 54.2 Å². The molecule has 1 heterocycles. The number of hydrogen-bond acceptors (Lipinski definition) is 2. The van der Waals surface area contributed by atoms with E-state index >= 15 is 0 Å². The van der Waals surface area contributed by atoms with Gasteiger partial charge in [0, 0.05) is 17.5 Å². The summed E-state index contributed by atoms with van der Waals surface area (Å²) in [5, 5.41) is 0. The van der Waals surface area contributed by atoms with E-state index in [1.54, 1.807) is 0 Å². The highest BCUT2D eigenvalue weighted by Crippen LogP contribution is 2.26. The lowest BCUT2D eigenvalue weighted by molar-refractivity contribution is 0.735. The number of pyridine rings is 1. The maximum absolute atomic E-state index is 4.70. The second kappa shape index (κ2) is 7.36. The molecule has 0 bridgehead atoms. The summed E-state index contributed by atoms with van der Waals surface area (Å²) < 4.78 is 0. The van der Waals surface area contributed by atoms with Gasteiger partial charge in [0.05, 0.1) is 0 Å². The minimum absolute atomic E-state index is 0.491. The Morgan fingerprint density at radius 1 is 1.17 bits per heavy atom. The maximum atomic E-state index is 4.70. The fourth-order valence-electron chi connectivity index (χ4n) is 2.36. The molecule has 0 aliphatic rings. The third-order valence-electron chi connectivity index (χ3n) is 4.37. The summed E-state index contributed by atoms with van der Waals surface area (Å²) in [5.74, 6) is 1.32. The summed E-state index contributed by atoms with van der Waals surface area (Å²) in [6, 6.07) is 10.6. The van der Waals surface area contributed by atoms with E-state index in [4.69, 9.17) is 4.99 Å². The Bertz CT molecular complexity index is 724. The Morgan fingerprint density at radius 3 is 2.35 bits per heavy atom. The second-order valence-corrected chi connectivity index (χ2v) is 6.28. The summed E-state index contributed by atoms with van der Waals surface area (Å²) >= 11 is 0. The van der Waals surface area contributed by atoms with Crippen LogP contribution >= 0.6 is 0 Å². The average Bonchev–Trinajstić information content (AvgIpc) is 2.55. The summed E-state index contributed by atoms with van der Waals surface area (Å²) in [5.41, 5.74) is 6.78. The number of rotatable bonds is 5. The Hall–Kier alpha value is -2.22. The first kappa shape index (κ1) is 17.1. The van der Waals surface area contributed by atoms with Crippen LogP contribution in [0.1, 0.15) is 45.2 Å². The molecule has 2 rings (SSSR count). The Balaban J connectivity index is 2.30. The molecule has 120 valence electrons. The van der Waals surface area contributed by atoms with E-state index in [0.29, 0.717) is 5.92 Å². The van der Waals surface area contributed by atoms with Crippen LogP contribution in [0.3, 0.4) is 0 Å². The van der Waals surface area contributed by atoms with Crippen LogP contribution in [0.4, 0.5) is 5.82 Å². The summed E-state index contributed by atoms with van der Waals surface area (Å²) in [4.78, 5) is 9.26. The molecule has 1 aromatic heterocycles. The van der Waals surface area contributed by atoms with E-state index in [1.807, 2.05) is 13.1 Å². The highest BCUT2D eigenvalue weighted by Gasteiger charge is 2.07. The highest BCUT2D eigenvalue weighted by atomic mass is 14.9. The molecule has 0 saturated carbocycles. The van der Waals surface area contributed by atoms with Gasteiger partial charge in [-0.05, 0) is 55.9 Å². The van der Waals surface area contributed by atoms with E-state index in [2.05, 4.69) is 69.6 Å². The molecule has 0 radical (unpaired) electrons. The first-order valence-corrected chi connectivity index (χ1v) is 8.20. The fraction of sp³-hybridized carbons (Fsp3) is 0.333. The quantitative estimate of drug-likeness (QED) is 0.601. The van der Waals surface area contributed by atoms with Crippen molar-refractivity contribution in [2.75, 3.05) is 0 Å². The van der Waals surface area contributed by atoms with Crippen LogP contribution in [0.5, 0.6) is 0 Å². The zero-order chi connectivity index (χ0) is 17.0. The van der Waals surface area contributed by atoms with Crippen LogP contribution in [0.2, 0.25) is 0 Å². The number of aliphatic imine (C=N–C) groups is 1. The van der Waals surface area contributed by atoms with Crippen molar-refractivity contribution >= 4 is 17.1 Å². The van der Waals surface area contributed by atoms with Gasteiger partial charge in [-0.15, -0.1) is 0 Å². The van der Waals surface area contributed by atoms with Gasteiger partial charge in [0.2, 0.25) is 0 Å². The van der Waals surface area contributed by atoms with Gasteiger partial charge >= 0.3 is 0 Å². The molecule has 0 aliphatic carbocycles. The molecule has 0 N–H and O–H groups in total. The standard InChI is InChI=1S/C21H26N2/c1-7-15(4)17(6)23-21-16(5)12-20(13-22-21)19-10-8-18(9-11-19)14(2)3/h8-13,15H,2,7H2,1,3-6H3. The van der Waals surface area contributed by atoms with Crippen molar-refractivity contribution in [3.8, 4) is 11.1 Å². The fourth-order valence-corrected chi connectivity index (χ4v) is 2.36. The van der Waals surface area contributed by atoms with E-state index in [1.165, 1.54) is 11.1 Å². The highest BCUT2D eigenvalue weighted by molar-refractivity contribution is 5.86. The number of aryl methyl sites for hydroxylation is 1. The number of benzene rings is 1. The lowest BCUT2D eigenvalue weighted by Gasteiger charge is -2.10. The minimum Gasteiger partial charge on any atom is -0.238 e. The van der Waals surface area contributed by atoms with Crippen LogP contribution in [0.15, 0.2) is 48.1 Å². The molecule has 2 aromatic rings. The normalized spacial score (nSPS) is 13.0. The summed E-state index contributed by atoms with van der Waals surface area (Å²) in [6.45, 7) is 14.5. The van der Waals surface area contributed by atoms with Gasteiger partial charge in [-0.2, -0.15) is 0 Å². The predicted octanol–water partition coefficient (Wildman–Crippen LogP) is 6.23. The van der Waals surface area contributed by atoms with Crippen molar-refractivity contribution in [1.29, 1.82) is 0 Å². The van der Waals surface area contributed by atoms with Crippen LogP contribution in [-0.4, -0.2) is 10.7 Å². The van der Waals surface area contributed by atoms with E-state index in [0.717, 1.165) is 34.7 Å². The van der Waals surface area contributed by atoms with Gasteiger partial charge in [0.25, 0.3) is 0 Å². The Morgan fingerprint density at radius 2 is 1.83 bits per heavy atom. The summed E-state index contributed by atoms with van der Waals surface area (Å²) in [7, 11) is 0. The summed E-state index contributed by atoms with van der Waals surface area (Å²) in [6.07, 6.45) is 3.01. The molecule has 23 heavy (non-hydrogen) atoms. The molecular weight excluding hydrogens is 280 g/mol. The topological polar surface area (TPSA) is 25.2 Å². The van der Waals surface area contributed by atoms with Crippen LogP contribution in [0, 0.1) is 12.8 Å². The SMILES string of the molecule is C=C(C)c1ccc(-c2cnc(N=C(C)C(C)CC)c(C)c2)cc1. The molecular formula is C21H26N2. The van der Waals surface area contributed by atoms with Crippen molar-refractivity contribution in [1.82, 2.24) is 4.98 Å². The van der Waals surface area contributed by atoms with Gasteiger partial charge in [-0.1, -0.05) is 50.3 Å². The molecule has 2 nitrogen and oxygen atoms in total. The van der Waals surface area contributed by atoms with E-state index in [-0.39, 0.29) is 0 Å². The molecule has 1 atom stereocenters. The molecule has 0 aliphatic heterocycles. The predicted molar refractivity (Wildman–Crippen MR) is 101 cm³/mol. The third-order valence-corrected chi connectivity index (χ3v) is 4.37. The smallest absolute Gasteiger partial charge is 0.154 e. The van der Waals surface area contributed by atoms with Gasteiger partial charge in [-0.3, -0.25) is 0 Å². The van der Waals surface area contributed by atoms with Crippen molar-refractivity contribution in [3.63, 3.8) is 0 Å². The lowest BCUT2D eigenvalue weighted by atomic mass is 10.0. The van der Waals surface area contributed by atoms with Gasteiger partial charge in [-0.25, -0.2) is 9.98 Å². The Labute approximate surface area is 140 Å². The van der Waals surface area contributed by atoms with Gasteiger partial charge < -0.3 is 0 Å². The van der Waals surface area contributed by atoms with Crippen LogP contribution < -0.4 is 0 Å². The molecule has 1 aromatic carbocycles. The first-order valence-electron chi connectivity index (χ1n) is 8.20. The third kappa shape index (κ3) is 4.16. The number of hydrogen-bond donors (Lipinski definition) is 0. The average molecular weight is 306 g/mol.